The minimum absolute atomic E-state index is 0.131. The van der Waals surface area contributed by atoms with Crippen LogP contribution in [0.25, 0.3) is 0 Å². The van der Waals surface area contributed by atoms with Gasteiger partial charge in [-0.1, -0.05) is 0 Å². The molecule has 0 bridgehead atoms. The van der Waals surface area contributed by atoms with Crippen LogP contribution in [0.1, 0.15) is 20.8 Å². The zero-order valence-corrected chi connectivity index (χ0v) is 12.6. The first-order valence-electron chi connectivity index (χ1n) is 6.70. The molecule has 0 N–H and O–H groups in total. The smallest absolute Gasteiger partial charge is 0.332 e. The number of amides is 2. The van der Waals surface area contributed by atoms with Crippen molar-refractivity contribution in [2.75, 3.05) is 33.0 Å². The largest absolute Gasteiger partial charge is 0.458 e. The summed E-state index contributed by atoms with van der Waals surface area (Å²) in [5.74, 6) is -1.09. The maximum absolute atomic E-state index is 11.3. The molecule has 0 saturated carbocycles. The lowest BCUT2D eigenvalue weighted by Gasteiger charge is -2.19. The summed E-state index contributed by atoms with van der Waals surface area (Å²) >= 11 is 0. The van der Waals surface area contributed by atoms with Gasteiger partial charge in [0.05, 0.1) is 26.4 Å². The molecule has 7 heteroatoms. The fourth-order valence-electron chi connectivity index (χ4n) is 1.55. The predicted molar refractivity (Wildman–Crippen MR) is 73.3 cm³/mol. The highest BCUT2D eigenvalue weighted by Gasteiger charge is 2.22. The standard InChI is InChI=1S/C14H21NO6/c1-14(2,3)21-13(18)10-20-9-8-19-7-6-15-11(16)4-5-12(15)17/h4-5H,6-10H2,1-3H3. The molecular formula is C14H21NO6. The Hall–Kier alpha value is -1.73. The Labute approximate surface area is 123 Å². The van der Waals surface area contributed by atoms with E-state index in [9.17, 15) is 14.4 Å². The van der Waals surface area contributed by atoms with Crippen LogP contribution in [0.5, 0.6) is 0 Å². The van der Waals surface area contributed by atoms with Gasteiger partial charge in [0, 0.05) is 12.2 Å². The van der Waals surface area contributed by atoms with Gasteiger partial charge in [0.25, 0.3) is 11.8 Å². The average Bonchev–Trinajstić information content (AvgIpc) is 2.66. The minimum atomic E-state index is -0.528. The van der Waals surface area contributed by atoms with Crippen molar-refractivity contribution in [2.45, 2.75) is 26.4 Å². The third-order valence-corrected chi connectivity index (χ3v) is 2.37. The SMILES string of the molecule is CC(C)(C)OC(=O)COCCOCCN1C(=O)C=CC1=O. The Morgan fingerprint density at radius 3 is 2.19 bits per heavy atom. The van der Waals surface area contributed by atoms with Gasteiger partial charge in [-0.05, 0) is 20.8 Å². The fraction of sp³-hybridized carbons (Fsp3) is 0.643. The second-order valence-electron chi connectivity index (χ2n) is 5.41. The van der Waals surface area contributed by atoms with Gasteiger partial charge in [0.2, 0.25) is 0 Å². The summed E-state index contributed by atoms with van der Waals surface area (Å²) < 4.78 is 15.4. The van der Waals surface area contributed by atoms with E-state index >= 15 is 0 Å². The summed E-state index contributed by atoms with van der Waals surface area (Å²) in [6.07, 6.45) is 2.46. The molecule has 0 aromatic carbocycles. The van der Waals surface area contributed by atoms with Crippen molar-refractivity contribution in [1.82, 2.24) is 4.90 Å². The molecule has 0 saturated heterocycles. The molecule has 1 aliphatic rings. The van der Waals surface area contributed by atoms with E-state index in [1.54, 1.807) is 20.8 Å². The number of imide groups is 1. The van der Waals surface area contributed by atoms with Crippen molar-refractivity contribution in [2.24, 2.45) is 0 Å². The lowest BCUT2D eigenvalue weighted by Crippen LogP contribution is -2.33. The van der Waals surface area contributed by atoms with E-state index in [1.165, 1.54) is 12.2 Å². The first-order valence-corrected chi connectivity index (χ1v) is 6.70. The van der Waals surface area contributed by atoms with Gasteiger partial charge in [-0.3, -0.25) is 14.5 Å². The Morgan fingerprint density at radius 1 is 1.05 bits per heavy atom. The highest BCUT2D eigenvalue weighted by Crippen LogP contribution is 2.06. The van der Waals surface area contributed by atoms with Gasteiger partial charge in [0.1, 0.15) is 12.2 Å². The van der Waals surface area contributed by atoms with Gasteiger partial charge in [-0.25, -0.2) is 4.79 Å². The third-order valence-electron chi connectivity index (χ3n) is 2.37. The molecule has 0 aromatic heterocycles. The van der Waals surface area contributed by atoms with Crippen LogP contribution in [0.4, 0.5) is 0 Å². The third kappa shape index (κ3) is 7.01. The van der Waals surface area contributed by atoms with E-state index in [2.05, 4.69) is 0 Å². The molecule has 21 heavy (non-hydrogen) atoms. The second kappa shape index (κ2) is 7.90. The van der Waals surface area contributed by atoms with Crippen molar-refractivity contribution in [3.63, 3.8) is 0 Å². The summed E-state index contributed by atoms with van der Waals surface area (Å²) in [6, 6.07) is 0. The summed E-state index contributed by atoms with van der Waals surface area (Å²) in [5.41, 5.74) is -0.528. The van der Waals surface area contributed by atoms with Crippen LogP contribution in [0.2, 0.25) is 0 Å². The topological polar surface area (TPSA) is 82.1 Å². The molecule has 7 nitrogen and oxygen atoms in total. The second-order valence-corrected chi connectivity index (χ2v) is 5.41. The quantitative estimate of drug-likeness (QED) is 0.364. The molecule has 118 valence electrons. The number of carbonyl (C=O) groups is 3. The number of ether oxygens (including phenoxy) is 3. The van der Waals surface area contributed by atoms with Crippen LogP contribution in [0.15, 0.2) is 12.2 Å². The van der Waals surface area contributed by atoms with E-state index in [-0.39, 0.29) is 44.8 Å². The Balaban J connectivity index is 1.99. The zero-order valence-electron chi connectivity index (χ0n) is 12.6. The summed E-state index contributed by atoms with van der Waals surface area (Å²) in [4.78, 5) is 34.9. The summed E-state index contributed by atoms with van der Waals surface area (Å²) in [6.45, 7) is 6.16. The van der Waals surface area contributed by atoms with E-state index in [1.807, 2.05) is 0 Å². The average molecular weight is 299 g/mol. The van der Waals surface area contributed by atoms with Crippen LogP contribution >= 0.6 is 0 Å². The predicted octanol–water partition coefficient (Wildman–Crippen LogP) is 0.286. The number of rotatable bonds is 8. The van der Waals surface area contributed by atoms with E-state index in [0.717, 1.165) is 4.90 Å². The normalized spacial score (nSPS) is 14.9. The molecule has 1 heterocycles. The molecule has 0 atom stereocenters. The summed E-state index contributed by atoms with van der Waals surface area (Å²) in [5, 5.41) is 0. The lowest BCUT2D eigenvalue weighted by molar-refractivity contribution is -0.160. The van der Waals surface area contributed by atoms with E-state index in [4.69, 9.17) is 14.2 Å². The van der Waals surface area contributed by atoms with E-state index in [0.29, 0.717) is 0 Å². The van der Waals surface area contributed by atoms with Crippen LogP contribution in [-0.4, -0.2) is 61.3 Å². The fourth-order valence-corrected chi connectivity index (χ4v) is 1.55. The molecule has 0 spiro atoms. The Morgan fingerprint density at radius 2 is 1.62 bits per heavy atom. The molecular weight excluding hydrogens is 278 g/mol. The first kappa shape index (κ1) is 17.3. The number of hydrogen-bond donors (Lipinski definition) is 0. The van der Waals surface area contributed by atoms with Crippen molar-refractivity contribution >= 4 is 17.8 Å². The number of carbonyl (C=O) groups excluding carboxylic acids is 3. The molecule has 1 rings (SSSR count). The Kier molecular flexibility index (Phi) is 6.51. The molecule has 0 aliphatic carbocycles. The molecule has 0 fully saturated rings. The van der Waals surface area contributed by atoms with Crippen LogP contribution in [-0.2, 0) is 28.6 Å². The van der Waals surface area contributed by atoms with Crippen LogP contribution in [0, 0.1) is 0 Å². The highest BCUT2D eigenvalue weighted by molar-refractivity contribution is 6.12. The number of esters is 1. The van der Waals surface area contributed by atoms with E-state index < -0.39 is 11.6 Å². The van der Waals surface area contributed by atoms with Gasteiger partial charge < -0.3 is 14.2 Å². The van der Waals surface area contributed by atoms with Crippen molar-refractivity contribution in [3.8, 4) is 0 Å². The van der Waals surface area contributed by atoms with Crippen LogP contribution in [0.3, 0.4) is 0 Å². The maximum Gasteiger partial charge on any atom is 0.332 e. The molecule has 0 radical (unpaired) electrons. The molecule has 0 aromatic rings. The maximum atomic E-state index is 11.3. The summed E-state index contributed by atoms with van der Waals surface area (Å²) in [7, 11) is 0. The van der Waals surface area contributed by atoms with Crippen molar-refractivity contribution in [1.29, 1.82) is 0 Å². The van der Waals surface area contributed by atoms with Crippen molar-refractivity contribution in [3.05, 3.63) is 12.2 Å². The lowest BCUT2D eigenvalue weighted by atomic mass is 10.2. The molecule has 0 unspecified atom stereocenters. The number of hydrogen-bond acceptors (Lipinski definition) is 6. The monoisotopic (exact) mass is 299 g/mol. The molecule has 1 aliphatic heterocycles. The minimum Gasteiger partial charge on any atom is -0.458 e. The first-order chi connectivity index (χ1) is 9.79. The van der Waals surface area contributed by atoms with Crippen LogP contribution < -0.4 is 0 Å². The van der Waals surface area contributed by atoms with Gasteiger partial charge >= 0.3 is 5.97 Å². The Bertz CT molecular complexity index is 406. The highest BCUT2D eigenvalue weighted by atomic mass is 16.6. The molecule has 2 amide bonds. The van der Waals surface area contributed by atoms with Crippen molar-refractivity contribution < 1.29 is 28.6 Å². The zero-order chi connectivity index (χ0) is 15.9. The number of nitrogens with zero attached hydrogens (tertiary/aromatic N) is 1. The van der Waals surface area contributed by atoms with Gasteiger partial charge in [-0.15, -0.1) is 0 Å². The van der Waals surface area contributed by atoms with Gasteiger partial charge in [-0.2, -0.15) is 0 Å². The van der Waals surface area contributed by atoms with Gasteiger partial charge in [0.15, 0.2) is 0 Å².